The second kappa shape index (κ2) is 9.90. The Morgan fingerprint density at radius 1 is 0.862 bits per heavy atom. The Morgan fingerprint density at radius 2 is 1.41 bits per heavy atom. The van der Waals surface area contributed by atoms with E-state index in [1.165, 1.54) is 12.1 Å². The van der Waals surface area contributed by atoms with Gasteiger partial charge in [-0.3, -0.25) is 4.99 Å². The van der Waals surface area contributed by atoms with Crippen LogP contribution in [0.25, 0.3) is 0 Å². The number of halogens is 3. The van der Waals surface area contributed by atoms with Crippen molar-refractivity contribution in [3.05, 3.63) is 53.1 Å². The largest absolute Gasteiger partial charge is 0.496 e. The van der Waals surface area contributed by atoms with E-state index in [9.17, 15) is 13.2 Å². The van der Waals surface area contributed by atoms with Gasteiger partial charge in [0.25, 0.3) is 0 Å². The first-order valence-electron chi connectivity index (χ1n) is 8.72. The van der Waals surface area contributed by atoms with Crippen molar-refractivity contribution in [1.29, 1.82) is 0 Å². The molecule has 0 aromatic heterocycles. The Hall–Kier alpha value is -3.10. The second-order valence-corrected chi connectivity index (χ2v) is 5.99. The van der Waals surface area contributed by atoms with Gasteiger partial charge in [-0.25, -0.2) is 0 Å². The number of nitrogens with one attached hydrogen (secondary N) is 2. The van der Waals surface area contributed by atoms with E-state index < -0.39 is 11.7 Å². The lowest BCUT2D eigenvalue weighted by Gasteiger charge is -2.16. The minimum absolute atomic E-state index is 0.320. The summed E-state index contributed by atoms with van der Waals surface area (Å²) in [4.78, 5) is 4.12. The summed E-state index contributed by atoms with van der Waals surface area (Å²) >= 11 is 0. The Bertz CT molecular complexity index is 837. The van der Waals surface area contributed by atoms with Crippen LogP contribution in [0.5, 0.6) is 17.2 Å². The molecule has 2 aromatic rings. The van der Waals surface area contributed by atoms with Crippen molar-refractivity contribution in [2.45, 2.75) is 19.3 Å². The van der Waals surface area contributed by atoms with Gasteiger partial charge in [0.05, 0.1) is 26.9 Å². The van der Waals surface area contributed by atoms with E-state index in [1.807, 2.05) is 0 Å². The molecule has 0 bridgehead atoms. The Balaban J connectivity index is 2.00. The van der Waals surface area contributed by atoms with Gasteiger partial charge in [0, 0.05) is 31.8 Å². The van der Waals surface area contributed by atoms with Gasteiger partial charge >= 0.3 is 6.18 Å². The van der Waals surface area contributed by atoms with Crippen LogP contribution in [-0.4, -0.2) is 34.3 Å². The van der Waals surface area contributed by atoms with Gasteiger partial charge in [0.15, 0.2) is 17.5 Å². The fraction of sp³-hybridized carbons (Fsp3) is 0.350. The van der Waals surface area contributed by atoms with Crippen molar-refractivity contribution < 1.29 is 27.4 Å². The van der Waals surface area contributed by atoms with Gasteiger partial charge in [-0.2, -0.15) is 13.2 Å². The number of nitrogens with zero attached hydrogens (tertiary/aromatic N) is 1. The third-order valence-corrected chi connectivity index (χ3v) is 4.20. The minimum atomic E-state index is -4.35. The van der Waals surface area contributed by atoms with Crippen molar-refractivity contribution in [1.82, 2.24) is 10.6 Å². The molecule has 0 aliphatic heterocycles. The molecule has 9 heteroatoms. The summed E-state index contributed by atoms with van der Waals surface area (Å²) in [5.74, 6) is 2.23. The third kappa shape index (κ3) is 5.94. The lowest BCUT2D eigenvalue weighted by molar-refractivity contribution is -0.137. The fourth-order valence-electron chi connectivity index (χ4n) is 2.63. The summed E-state index contributed by atoms with van der Waals surface area (Å²) in [5.41, 5.74) is 0.844. The number of methoxy groups -OCH3 is 3. The Labute approximate surface area is 167 Å². The molecular weight excluding hydrogens is 387 g/mol. The highest BCUT2D eigenvalue weighted by atomic mass is 19.4. The van der Waals surface area contributed by atoms with E-state index in [0.29, 0.717) is 41.9 Å². The molecule has 29 heavy (non-hydrogen) atoms. The monoisotopic (exact) mass is 411 g/mol. The average Bonchev–Trinajstić information content (AvgIpc) is 2.72. The summed E-state index contributed by atoms with van der Waals surface area (Å²) in [7, 11) is 6.25. The Morgan fingerprint density at radius 3 is 1.93 bits per heavy atom. The molecule has 0 aliphatic carbocycles. The van der Waals surface area contributed by atoms with Crippen molar-refractivity contribution in [2.24, 2.45) is 4.99 Å². The molecule has 0 fully saturated rings. The number of hydrogen-bond acceptors (Lipinski definition) is 4. The predicted octanol–water partition coefficient (Wildman–Crippen LogP) is 3.60. The fourth-order valence-corrected chi connectivity index (χ4v) is 2.63. The van der Waals surface area contributed by atoms with Crippen molar-refractivity contribution in [3.63, 3.8) is 0 Å². The van der Waals surface area contributed by atoms with Gasteiger partial charge in [-0.05, 0) is 23.8 Å². The zero-order valence-corrected chi connectivity index (χ0v) is 16.7. The maximum absolute atomic E-state index is 12.6. The molecule has 6 nitrogen and oxygen atoms in total. The van der Waals surface area contributed by atoms with Crippen LogP contribution >= 0.6 is 0 Å². The van der Waals surface area contributed by atoms with Gasteiger partial charge < -0.3 is 24.8 Å². The molecule has 0 saturated carbocycles. The highest BCUT2D eigenvalue weighted by Gasteiger charge is 2.29. The zero-order valence-electron chi connectivity index (χ0n) is 16.7. The van der Waals surface area contributed by atoms with E-state index in [4.69, 9.17) is 14.2 Å². The lowest BCUT2D eigenvalue weighted by atomic mass is 10.1. The molecule has 158 valence electrons. The number of guanidine groups is 1. The summed E-state index contributed by atoms with van der Waals surface area (Å²) in [5, 5.41) is 6.20. The van der Waals surface area contributed by atoms with Crippen LogP contribution < -0.4 is 24.8 Å². The van der Waals surface area contributed by atoms with Crippen LogP contribution in [0.3, 0.4) is 0 Å². The van der Waals surface area contributed by atoms with E-state index in [-0.39, 0.29) is 0 Å². The van der Waals surface area contributed by atoms with Crippen LogP contribution in [0.15, 0.2) is 41.4 Å². The molecule has 0 atom stereocenters. The minimum Gasteiger partial charge on any atom is -0.496 e. The van der Waals surface area contributed by atoms with Gasteiger partial charge in [0.2, 0.25) is 0 Å². The van der Waals surface area contributed by atoms with Gasteiger partial charge in [-0.1, -0.05) is 12.1 Å². The average molecular weight is 411 g/mol. The van der Waals surface area contributed by atoms with Crippen molar-refractivity contribution in [2.75, 3.05) is 28.4 Å². The van der Waals surface area contributed by atoms with Gasteiger partial charge in [-0.15, -0.1) is 0 Å². The van der Waals surface area contributed by atoms with Gasteiger partial charge in [0.1, 0.15) is 5.75 Å². The second-order valence-electron chi connectivity index (χ2n) is 5.99. The number of hydrogen-bond donors (Lipinski definition) is 2. The molecule has 2 aromatic carbocycles. The molecule has 2 N–H and O–H groups in total. The van der Waals surface area contributed by atoms with Crippen LogP contribution in [0, 0.1) is 0 Å². The molecule has 0 amide bonds. The molecule has 0 radical (unpaired) electrons. The summed E-state index contributed by atoms with van der Waals surface area (Å²) in [6.45, 7) is 0.705. The first kappa shape index (κ1) is 22.2. The highest BCUT2D eigenvalue weighted by Crippen LogP contribution is 2.34. The van der Waals surface area contributed by atoms with E-state index >= 15 is 0 Å². The predicted molar refractivity (Wildman–Crippen MR) is 105 cm³/mol. The number of alkyl halides is 3. The van der Waals surface area contributed by atoms with Crippen LogP contribution in [0.1, 0.15) is 16.7 Å². The zero-order chi connectivity index (χ0) is 21.4. The molecule has 0 heterocycles. The summed E-state index contributed by atoms with van der Waals surface area (Å²) in [6, 6.07) is 8.51. The number of ether oxygens (including phenoxy) is 3. The maximum Gasteiger partial charge on any atom is 0.416 e. The standard InChI is InChI=1S/C20H24F3N3O3/c1-24-19(25-11-13-5-7-15(8-6-13)20(21,22)23)26-12-14-9-17(28-3)18(29-4)10-16(14)27-2/h5-10H,11-12H2,1-4H3,(H2,24,25,26). The van der Waals surface area contributed by atoms with E-state index in [0.717, 1.165) is 17.7 Å². The van der Waals surface area contributed by atoms with Crippen LogP contribution in [0.2, 0.25) is 0 Å². The smallest absolute Gasteiger partial charge is 0.416 e. The first-order chi connectivity index (χ1) is 13.8. The lowest BCUT2D eigenvalue weighted by Crippen LogP contribution is -2.36. The Kier molecular flexibility index (Phi) is 7.58. The molecule has 0 aliphatic rings. The van der Waals surface area contributed by atoms with Crippen molar-refractivity contribution in [3.8, 4) is 17.2 Å². The molecular formula is C20H24F3N3O3. The quantitative estimate of drug-likeness (QED) is 0.539. The molecule has 2 rings (SSSR count). The maximum atomic E-state index is 12.6. The third-order valence-electron chi connectivity index (χ3n) is 4.20. The molecule has 0 saturated heterocycles. The van der Waals surface area contributed by atoms with Crippen LogP contribution in [-0.2, 0) is 19.3 Å². The van der Waals surface area contributed by atoms with E-state index in [1.54, 1.807) is 40.5 Å². The van der Waals surface area contributed by atoms with Crippen LogP contribution in [0.4, 0.5) is 13.2 Å². The number of aliphatic imine (C=N–C) groups is 1. The molecule has 0 unspecified atom stereocenters. The topological polar surface area (TPSA) is 64.1 Å². The summed E-state index contributed by atoms with van der Waals surface area (Å²) in [6.07, 6.45) is -4.35. The SMILES string of the molecule is CN=C(NCc1ccc(C(F)(F)F)cc1)NCc1cc(OC)c(OC)cc1OC. The van der Waals surface area contributed by atoms with E-state index in [2.05, 4.69) is 15.6 Å². The van der Waals surface area contributed by atoms with Crippen molar-refractivity contribution >= 4 is 5.96 Å². The molecule has 0 spiro atoms. The first-order valence-corrected chi connectivity index (χ1v) is 8.72. The number of rotatable bonds is 7. The number of benzene rings is 2. The summed E-state index contributed by atoms with van der Waals surface area (Å²) < 4.78 is 53.9. The normalized spacial score (nSPS) is 11.8. The highest BCUT2D eigenvalue weighted by molar-refractivity contribution is 5.79.